The molecule has 2 rings (SSSR count). The van der Waals surface area contributed by atoms with Crippen molar-refractivity contribution in [2.24, 2.45) is 0 Å². The maximum absolute atomic E-state index is 4.05. The third-order valence-corrected chi connectivity index (χ3v) is 2.56. The van der Waals surface area contributed by atoms with E-state index in [0.717, 1.165) is 18.6 Å². The summed E-state index contributed by atoms with van der Waals surface area (Å²) in [5.74, 6) is 0. The van der Waals surface area contributed by atoms with Crippen LogP contribution < -0.4 is 0 Å². The van der Waals surface area contributed by atoms with Crippen molar-refractivity contribution in [1.82, 2.24) is 15.1 Å². The standard InChI is InChI=1S/C11H15N3/c1-3-14(2)8-9-5-4-6-11-10(9)7-12-13-11/h4-7H,3,8H2,1-2H3,(H,12,13). The highest BCUT2D eigenvalue weighted by atomic mass is 15.1. The third kappa shape index (κ3) is 1.63. The molecule has 1 heterocycles. The van der Waals surface area contributed by atoms with Crippen molar-refractivity contribution in [2.45, 2.75) is 13.5 Å². The quantitative estimate of drug-likeness (QED) is 0.801. The highest BCUT2D eigenvalue weighted by Gasteiger charge is 2.03. The summed E-state index contributed by atoms with van der Waals surface area (Å²) in [5, 5.41) is 8.26. The molecular weight excluding hydrogens is 174 g/mol. The summed E-state index contributed by atoms with van der Waals surface area (Å²) in [4.78, 5) is 2.28. The number of benzene rings is 1. The van der Waals surface area contributed by atoms with E-state index in [1.54, 1.807) is 0 Å². The Morgan fingerprint density at radius 3 is 3.07 bits per heavy atom. The van der Waals surface area contributed by atoms with Gasteiger partial charge in [-0.1, -0.05) is 19.1 Å². The minimum atomic E-state index is 0.980. The van der Waals surface area contributed by atoms with Gasteiger partial charge in [0.25, 0.3) is 0 Å². The number of H-pyrrole nitrogens is 1. The lowest BCUT2D eigenvalue weighted by molar-refractivity contribution is 0.347. The second-order valence-electron chi connectivity index (χ2n) is 3.58. The molecule has 1 N–H and O–H groups in total. The van der Waals surface area contributed by atoms with E-state index in [-0.39, 0.29) is 0 Å². The van der Waals surface area contributed by atoms with Crippen molar-refractivity contribution >= 4 is 10.9 Å². The zero-order valence-electron chi connectivity index (χ0n) is 8.62. The van der Waals surface area contributed by atoms with Gasteiger partial charge in [-0.25, -0.2) is 0 Å². The molecule has 0 amide bonds. The Hall–Kier alpha value is -1.35. The van der Waals surface area contributed by atoms with Crippen LogP contribution in [0.4, 0.5) is 0 Å². The number of aromatic nitrogens is 2. The van der Waals surface area contributed by atoms with Crippen LogP contribution in [-0.2, 0) is 6.54 Å². The number of hydrogen-bond donors (Lipinski definition) is 1. The topological polar surface area (TPSA) is 31.9 Å². The van der Waals surface area contributed by atoms with Gasteiger partial charge in [-0.2, -0.15) is 5.10 Å². The van der Waals surface area contributed by atoms with Crippen LogP contribution in [0.3, 0.4) is 0 Å². The molecule has 3 heteroatoms. The van der Waals surface area contributed by atoms with Crippen LogP contribution in [0.2, 0.25) is 0 Å². The van der Waals surface area contributed by atoms with Crippen LogP contribution in [0.15, 0.2) is 24.4 Å². The van der Waals surface area contributed by atoms with E-state index in [4.69, 9.17) is 0 Å². The average Bonchev–Trinajstić information content (AvgIpc) is 2.66. The summed E-state index contributed by atoms with van der Waals surface area (Å²) >= 11 is 0. The van der Waals surface area contributed by atoms with E-state index in [1.807, 2.05) is 6.20 Å². The van der Waals surface area contributed by atoms with Crippen LogP contribution in [0.25, 0.3) is 10.9 Å². The van der Waals surface area contributed by atoms with E-state index < -0.39 is 0 Å². The smallest absolute Gasteiger partial charge is 0.0653 e. The maximum Gasteiger partial charge on any atom is 0.0653 e. The lowest BCUT2D eigenvalue weighted by Crippen LogP contribution is -2.16. The predicted molar refractivity (Wildman–Crippen MR) is 58.1 cm³/mol. The minimum absolute atomic E-state index is 0.980. The molecule has 2 aromatic rings. The van der Waals surface area contributed by atoms with Gasteiger partial charge in [-0.15, -0.1) is 0 Å². The number of nitrogens with zero attached hydrogens (tertiary/aromatic N) is 2. The second kappa shape index (κ2) is 3.80. The number of aromatic amines is 1. The van der Waals surface area contributed by atoms with Crippen LogP contribution in [-0.4, -0.2) is 28.7 Å². The van der Waals surface area contributed by atoms with Gasteiger partial charge in [0.2, 0.25) is 0 Å². The Morgan fingerprint density at radius 1 is 1.43 bits per heavy atom. The molecule has 0 saturated carbocycles. The van der Waals surface area contributed by atoms with E-state index >= 15 is 0 Å². The Bertz CT molecular complexity index is 419. The van der Waals surface area contributed by atoms with Crippen molar-refractivity contribution < 1.29 is 0 Å². The van der Waals surface area contributed by atoms with Gasteiger partial charge >= 0.3 is 0 Å². The van der Waals surface area contributed by atoms with Crippen molar-refractivity contribution in [2.75, 3.05) is 13.6 Å². The van der Waals surface area contributed by atoms with E-state index in [0.29, 0.717) is 0 Å². The van der Waals surface area contributed by atoms with Crippen molar-refractivity contribution in [1.29, 1.82) is 0 Å². The van der Waals surface area contributed by atoms with E-state index in [1.165, 1.54) is 10.9 Å². The first-order valence-electron chi connectivity index (χ1n) is 4.90. The molecule has 14 heavy (non-hydrogen) atoms. The Balaban J connectivity index is 2.36. The summed E-state index contributed by atoms with van der Waals surface area (Å²) in [5.41, 5.74) is 2.45. The molecule has 0 aliphatic rings. The predicted octanol–water partition coefficient (Wildman–Crippen LogP) is 2.01. The molecule has 1 aromatic carbocycles. The fourth-order valence-corrected chi connectivity index (χ4v) is 1.57. The highest BCUT2D eigenvalue weighted by molar-refractivity contribution is 5.81. The van der Waals surface area contributed by atoms with Gasteiger partial charge in [0.15, 0.2) is 0 Å². The highest BCUT2D eigenvalue weighted by Crippen LogP contribution is 2.16. The van der Waals surface area contributed by atoms with Crippen molar-refractivity contribution in [3.8, 4) is 0 Å². The van der Waals surface area contributed by atoms with Crippen LogP contribution in [0.5, 0.6) is 0 Å². The molecule has 0 saturated heterocycles. The first-order chi connectivity index (χ1) is 6.81. The van der Waals surface area contributed by atoms with E-state index in [9.17, 15) is 0 Å². The summed E-state index contributed by atoms with van der Waals surface area (Å²) in [7, 11) is 2.12. The molecule has 0 spiro atoms. The van der Waals surface area contributed by atoms with Crippen molar-refractivity contribution in [3.05, 3.63) is 30.0 Å². The second-order valence-corrected chi connectivity index (χ2v) is 3.58. The summed E-state index contributed by atoms with van der Waals surface area (Å²) in [6.45, 7) is 4.21. The van der Waals surface area contributed by atoms with Gasteiger partial charge in [0, 0.05) is 11.9 Å². The molecule has 0 aliphatic carbocycles. The number of nitrogens with one attached hydrogen (secondary N) is 1. The molecule has 0 fully saturated rings. The first kappa shape index (κ1) is 9.21. The van der Waals surface area contributed by atoms with E-state index in [2.05, 4.69) is 47.3 Å². The summed E-state index contributed by atoms with van der Waals surface area (Å²) in [6, 6.07) is 6.28. The molecule has 1 aromatic heterocycles. The first-order valence-corrected chi connectivity index (χ1v) is 4.90. The molecule has 74 valence electrons. The van der Waals surface area contributed by atoms with Gasteiger partial charge < -0.3 is 4.90 Å². The van der Waals surface area contributed by atoms with Crippen LogP contribution >= 0.6 is 0 Å². The Labute approximate surface area is 83.7 Å². The SMILES string of the molecule is CCN(C)Cc1cccc2[nH]ncc12. The molecule has 0 atom stereocenters. The van der Waals surface area contributed by atoms with Gasteiger partial charge in [0.1, 0.15) is 0 Å². The molecular formula is C11H15N3. The lowest BCUT2D eigenvalue weighted by atomic mass is 10.1. The zero-order chi connectivity index (χ0) is 9.97. The minimum Gasteiger partial charge on any atom is -0.302 e. The largest absolute Gasteiger partial charge is 0.302 e. The molecule has 0 bridgehead atoms. The van der Waals surface area contributed by atoms with Gasteiger partial charge in [-0.05, 0) is 25.2 Å². The van der Waals surface area contributed by atoms with Gasteiger partial charge in [-0.3, -0.25) is 5.10 Å². The average molecular weight is 189 g/mol. The molecule has 0 aliphatic heterocycles. The summed E-state index contributed by atoms with van der Waals surface area (Å²) < 4.78 is 0. The molecule has 0 radical (unpaired) electrons. The third-order valence-electron chi connectivity index (χ3n) is 2.56. The van der Waals surface area contributed by atoms with Crippen LogP contribution in [0, 0.1) is 0 Å². The number of rotatable bonds is 3. The fraction of sp³-hybridized carbons (Fsp3) is 0.364. The summed E-state index contributed by atoms with van der Waals surface area (Å²) in [6.07, 6.45) is 1.90. The van der Waals surface area contributed by atoms with Crippen molar-refractivity contribution in [3.63, 3.8) is 0 Å². The monoisotopic (exact) mass is 189 g/mol. The van der Waals surface area contributed by atoms with Gasteiger partial charge in [0.05, 0.1) is 11.7 Å². The maximum atomic E-state index is 4.05. The zero-order valence-corrected chi connectivity index (χ0v) is 8.62. The molecule has 3 nitrogen and oxygen atoms in total. The molecule has 0 unspecified atom stereocenters. The number of hydrogen-bond acceptors (Lipinski definition) is 2. The Kier molecular flexibility index (Phi) is 2.50. The Morgan fingerprint density at radius 2 is 2.29 bits per heavy atom. The number of fused-ring (bicyclic) bond motifs is 1. The fourth-order valence-electron chi connectivity index (χ4n) is 1.57. The normalized spacial score (nSPS) is 11.4. The van der Waals surface area contributed by atoms with Crippen LogP contribution in [0.1, 0.15) is 12.5 Å². The lowest BCUT2D eigenvalue weighted by Gasteiger charge is -2.13.